The Balaban J connectivity index is 2.28. The van der Waals surface area contributed by atoms with E-state index in [9.17, 15) is 4.39 Å². The number of hydrogen-bond donors (Lipinski definition) is 2. The Morgan fingerprint density at radius 1 is 1.36 bits per heavy atom. The summed E-state index contributed by atoms with van der Waals surface area (Å²) in [6.07, 6.45) is 0. The van der Waals surface area contributed by atoms with E-state index in [1.165, 1.54) is 12.1 Å². The van der Waals surface area contributed by atoms with Crippen molar-refractivity contribution >= 4 is 11.8 Å². The molecule has 4 heteroatoms. The van der Waals surface area contributed by atoms with Gasteiger partial charge in [0.05, 0.1) is 6.61 Å². The lowest BCUT2D eigenvalue weighted by atomic mass is 10.2. The van der Waals surface area contributed by atoms with Crippen LogP contribution in [0.4, 0.5) is 4.39 Å². The van der Waals surface area contributed by atoms with Crippen molar-refractivity contribution in [3.8, 4) is 0 Å². The molecule has 0 aliphatic carbocycles. The van der Waals surface area contributed by atoms with Crippen molar-refractivity contribution in [2.75, 3.05) is 12.4 Å². The second kappa shape index (κ2) is 6.01. The molecule has 0 saturated carbocycles. The molecular weight excluding hydrogens is 201 g/mol. The quantitative estimate of drug-likeness (QED) is 0.780. The SMILES string of the molecule is NC(CO)CSCc1ccc(F)cc1. The van der Waals surface area contributed by atoms with Crippen molar-refractivity contribution in [3.05, 3.63) is 35.6 Å². The number of halogens is 1. The van der Waals surface area contributed by atoms with Gasteiger partial charge in [-0.2, -0.15) is 11.8 Å². The first-order valence-electron chi connectivity index (χ1n) is 4.41. The van der Waals surface area contributed by atoms with E-state index in [2.05, 4.69) is 0 Å². The van der Waals surface area contributed by atoms with Gasteiger partial charge in [-0.25, -0.2) is 4.39 Å². The van der Waals surface area contributed by atoms with E-state index < -0.39 is 0 Å². The Bertz CT molecular complexity index is 265. The lowest BCUT2D eigenvalue weighted by Gasteiger charge is -2.07. The van der Waals surface area contributed by atoms with E-state index in [4.69, 9.17) is 10.8 Å². The molecule has 1 aromatic carbocycles. The summed E-state index contributed by atoms with van der Waals surface area (Å²) in [5.74, 6) is 1.30. The molecule has 0 amide bonds. The largest absolute Gasteiger partial charge is 0.395 e. The van der Waals surface area contributed by atoms with Crippen LogP contribution in [0.1, 0.15) is 5.56 Å². The fourth-order valence-electron chi connectivity index (χ4n) is 0.961. The third-order valence-electron chi connectivity index (χ3n) is 1.75. The highest BCUT2D eigenvalue weighted by Crippen LogP contribution is 2.13. The number of rotatable bonds is 5. The third kappa shape index (κ3) is 4.09. The number of thioether (sulfide) groups is 1. The zero-order valence-corrected chi connectivity index (χ0v) is 8.64. The summed E-state index contributed by atoms with van der Waals surface area (Å²) in [7, 11) is 0. The van der Waals surface area contributed by atoms with Crippen molar-refractivity contribution in [2.24, 2.45) is 5.73 Å². The van der Waals surface area contributed by atoms with E-state index >= 15 is 0 Å². The lowest BCUT2D eigenvalue weighted by molar-refractivity contribution is 0.275. The smallest absolute Gasteiger partial charge is 0.123 e. The summed E-state index contributed by atoms with van der Waals surface area (Å²) >= 11 is 1.64. The summed E-state index contributed by atoms with van der Waals surface area (Å²) in [6, 6.07) is 6.24. The van der Waals surface area contributed by atoms with Crippen LogP contribution in [0.3, 0.4) is 0 Å². The van der Waals surface area contributed by atoms with Crippen molar-refractivity contribution in [1.82, 2.24) is 0 Å². The van der Waals surface area contributed by atoms with Crippen molar-refractivity contribution in [2.45, 2.75) is 11.8 Å². The standard InChI is InChI=1S/C10H14FNOS/c11-9-3-1-8(2-4-9)6-14-7-10(12)5-13/h1-4,10,13H,5-7,12H2. The van der Waals surface area contributed by atoms with Gasteiger partial charge in [0, 0.05) is 17.5 Å². The van der Waals surface area contributed by atoms with Gasteiger partial charge in [0.2, 0.25) is 0 Å². The van der Waals surface area contributed by atoms with Crippen LogP contribution in [0, 0.1) is 5.82 Å². The topological polar surface area (TPSA) is 46.2 Å². The first kappa shape index (κ1) is 11.5. The summed E-state index contributed by atoms with van der Waals surface area (Å²) in [4.78, 5) is 0. The monoisotopic (exact) mass is 215 g/mol. The molecule has 0 aliphatic heterocycles. The molecule has 3 N–H and O–H groups in total. The number of hydrogen-bond acceptors (Lipinski definition) is 3. The highest BCUT2D eigenvalue weighted by atomic mass is 32.2. The zero-order chi connectivity index (χ0) is 10.4. The summed E-state index contributed by atoms with van der Waals surface area (Å²) in [5.41, 5.74) is 6.60. The van der Waals surface area contributed by atoms with Crippen molar-refractivity contribution in [3.63, 3.8) is 0 Å². The lowest BCUT2D eigenvalue weighted by Crippen LogP contribution is -2.26. The molecule has 2 nitrogen and oxygen atoms in total. The predicted molar refractivity (Wildman–Crippen MR) is 57.6 cm³/mol. The fraction of sp³-hybridized carbons (Fsp3) is 0.400. The van der Waals surface area contributed by atoms with Crippen LogP contribution in [-0.2, 0) is 5.75 Å². The van der Waals surface area contributed by atoms with E-state index in [1.807, 2.05) is 0 Å². The Morgan fingerprint density at radius 2 is 2.00 bits per heavy atom. The van der Waals surface area contributed by atoms with E-state index in [0.717, 1.165) is 11.3 Å². The average Bonchev–Trinajstić information content (AvgIpc) is 2.21. The molecule has 78 valence electrons. The molecule has 0 spiro atoms. The Morgan fingerprint density at radius 3 is 2.57 bits per heavy atom. The maximum absolute atomic E-state index is 12.5. The Hall–Kier alpha value is -0.580. The van der Waals surface area contributed by atoms with Crippen LogP contribution >= 0.6 is 11.8 Å². The molecule has 14 heavy (non-hydrogen) atoms. The van der Waals surface area contributed by atoms with Crippen molar-refractivity contribution < 1.29 is 9.50 Å². The molecule has 1 rings (SSSR count). The maximum Gasteiger partial charge on any atom is 0.123 e. The minimum absolute atomic E-state index is 0.0103. The molecule has 1 unspecified atom stereocenters. The molecular formula is C10H14FNOS. The summed E-state index contributed by atoms with van der Waals surface area (Å²) < 4.78 is 12.5. The van der Waals surface area contributed by atoms with Gasteiger partial charge in [0.25, 0.3) is 0 Å². The zero-order valence-electron chi connectivity index (χ0n) is 7.82. The Labute approximate surface area is 87.3 Å². The highest BCUT2D eigenvalue weighted by Gasteiger charge is 2.00. The molecule has 0 aromatic heterocycles. The van der Waals surface area contributed by atoms with Gasteiger partial charge in [-0.05, 0) is 17.7 Å². The molecule has 0 aliphatic rings. The molecule has 0 radical (unpaired) electrons. The van der Waals surface area contributed by atoms with Gasteiger partial charge in [-0.1, -0.05) is 12.1 Å². The van der Waals surface area contributed by atoms with Crippen LogP contribution in [0.15, 0.2) is 24.3 Å². The number of aliphatic hydroxyl groups excluding tert-OH is 1. The molecule has 0 heterocycles. The van der Waals surface area contributed by atoms with Crippen LogP contribution in [0.5, 0.6) is 0 Å². The highest BCUT2D eigenvalue weighted by molar-refractivity contribution is 7.98. The molecule has 1 atom stereocenters. The molecule has 1 aromatic rings. The third-order valence-corrected chi connectivity index (χ3v) is 2.95. The fourth-order valence-corrected chi connectivity index (χ4v) is 1.92. The predicted octanol–water partition coefficient (Wildman–Crippen LogP) is 1.38. The normalized spacial score (nSPS) is 12.8. The van der Waals surface area contributed by atoms with E-state index in [0.29, 0.717) is 5.75 Å². The van der Waals surface area contributed by atoms with Gasteiger partial charge in [-0.15, -0.1) is 0 Å². The first-order chi connectivity index (χ1) is 6.72. The van der Waals surface area contributed by atoms with Gasteiger partial charge < -0.3 is 10.8 Å². The molecule has 0 bridgehead atoms. The van der Waals surface area contributed by atoms with Crippen LogP contribution in [-0.4, -0.2) is 23.5 Å². The first-order valence-corrected chi connectivity index (χ1v) is 5.56. The minimum atomic E-state index is -0.217. The van der Waals surface area contributed by atoms with Crippen LogP contribution in [0.25, 0.3) is 0 Å². The number of aliphatic hydroxyl groups is 1. The number of benzene rings is 1. The summed E-state index contributed by atoms with van der Waals surface area (Å²) in [5, 5.41) is 8.68. The van der Waals surface area contributed by atoms with Gasteiger partial charge in [-0.3, -0.25) is 0 Å². The van der Waals surface area contributed by atoms with Crippen LogP contribution in [0.2, 0.25) is 0 Å². The van der Waals surface area contributed by atoms with Gasteiger partial charge >= 0.3 is 0 Å². The Kier molecular flexibility index (Phi) is 4.93. The summed E-state index contributed by atoms with van der Waals surface area (Å²) in [6.45, 7) is 0.0103. The maximum atomic E-state index is 12.5. The number of nitrogens with two attached hydrogens (primary N) is 1. The van der Waals surface area contributed by atoms with Gasteiger partial charge in [0.15, 0.2) is 0 Å². The second-order valence-corrected chi connectivity index (χ2v) is 4.11. The second-order valence-electron chi connectivity index (χ2n) is 3.08. The molecule has 0 saturated heterocycles. The van der Waals surface area contributed by atoms with Gasteiger partial charge in [0.1, 0.15) is 5.82 Å². The van der Waals surface area contributed by atoms with E-state index in [1.54, 1.807) is 23.9 Å². The average molecular weight is 215 g/mol. The minimum Gasteiger partial charge on any atom is -0.395 e. The van der Waals surface area contributed by atoms with Crippen molar-refractivity contribution in [1.29, 1.82) is 0 Å². The molecule has 0 fully saturated rings. The van der Waals surface area contributed by atoms with E-state index in [-0.39, 0.29) is 18.5 Å². The van der Waals surface area contributed by atoms with Crippen LogP contribution < -0.4 is 5.73 Å².